The van der Waals surface area contributed by atoms with E-state index in [2.05, 4.69) is 4.98 Å². The number of aromatic amines is 1. The average molecular weight is 274 g/mol. The standard InChI is InChI=1S/C14H8F2N2O2/c15-8-2-1-3-10(6-8)18-13(19)11-7-9(16)4-5-12(11)17-14(18)20/h1-7H,(H,17,20). The lowest BCUT2D eigenvalue weighted by Gasteiger charge is -2.06. The van der Waals surface area contributed by atoms with E-state index in [1.54, 1.807) is 0 Å². The Morgan fingerprint density at radius 1 is 0.950 bits per heavy atom. The van der Waals surface area contributed by atoms with Crippen molar-refractivity contribution in [2.45, 2.75) is 0 Å². The molecule has 0 unspecified atom stereocenters. The highest BCUT2D eigenvalue weighted by Gasteiger charge is 2.10. The number of halogens is 2. The van der Waals surface area contributed by atoms with Gasteiger partial charge in [0.05, 0.1) is 16.6 Å². The van der Waals surface area contributed by atoms with E-state index in [9.17, 15) is 18.4 Å². The van der Waals surface area contributed by atoms with Crippen LogP contribution in [0.3, 0.4) is 0 Å². The first-order valence-corrected chi connectivity index (χ1v) is 5.77. The second-order valence-electron chi connectivity index (χ2n) is 4.24. The number of rotatable bonds is 1. The van der Waals surface area contributed by atoms with E-state index in [-0.39, 0.29) is 16.6 Å². The van der Waals surface area contributed by atoms with Crippen LogP contribution in [0.25, 0.3) is 16.6 Å². The molecule has 0 aliphatic rings. The van der Waals surface area contributed by atoms with Gasteiger partial charge >= 0.3 is 5.69 Å². The summed E-state index contributed by atoms with van der Waals surface area (Å²) in [5.74, 6) is -1.17. The summed E-state index contributed by atoms with van der Waals surface area (Å²) in [6.45, 7) is 0. The molecule has 0 fully saturated rings. The Labute approximate surface area is 110 Å². The third kappa shape index (κ3) is 1.91. The van der Waals surface area contributed by atoms with Crippen molar-refractivity contribution in [1.82, 2.24) is 9.55 Å². The minimum Gasteiger partial charge on any atom is -0.306 e. The van der Waals surface area contributed by atoms with E-state index < -0.39 is 22.9 Å². The van der Waals surface area contributed by atoms with Crippen LogP contribution in [-0.4, -0.2) is 9.55 Å². The number of nitrogens with one attached hydrogen (secondary N) is 1. The molecular formula is C14H8F2N2O2. The van der Waals surface area contributed by atoms with Gasteiger partial charge in [0.2, 0.25) is 0 Å². The van der Waals surface area contributed by atoms with Gasteiger partial charge in [0.25, 0.3) is 5.56 Å². The van der Waals surface area contributed by atoms with Crippen LogP contribution in [0.4, 0.5) is 8.78 Å². The fourth-order valence-electron chi connectivity index (χ4n) is 2.04. The zero-order valence-corrected chi connectivity index (χ0v) is 10.1. The summed E-state index contributed by atoms with van der Waals surface area (Å²) >= 11 is 0. The Bertz CT molecular complexity index is 928. The minimum absolute atomic E-state index is 0.0221. The molecule has 0 amide bonds. The Morgan fingerprint density at radius 3 is 2.45 bits per heavy atom. The lowest BCUT2D eigenvalue weighted by atomic mass is 10.2. The number of H-pyrrole nitrogens is 1. The van der Waals surface area contributed by atoms with Gasteiger partial charge in [-0.3, -0.25) is 4.79 Å². The van der Waals surface area contributed by atoms with Gasteiger partial charge < -0.3 is 4.98 Å². The second-order valence-corrected chi connectivity index (χ2v) is 4.24. The fraction of sp³-hybridized carbons (Fsp3) is 0. The largest absolute Gasteiger partial charge is 0.333 e. The van der Waals surface area contributed by atoms with Gasteiger partial charge in [0, 0.05) is 0 Å². The number of hydrogen-bond acceptors (Lipinski definition) is 2. The first-order valence-electron chi connectivity index (χ1n) is 5.77. The van der Waals surface area contributed by atoms with Gasteiger partial charge in [-0.25, -0.2) is 18.1 Å². The summed E-state index contributed by atoms with van der Waals surface area (Å²) in [6, 6.07) is 8.54. The maximum Gasteiger partial charge on any atom is 0.333 e. The van der Waals surface area contributed by atoms with Gasteiger partial charge in [0.1, 0.15) is 11.6 Å². The summed E-state index contributed by atoms with van der Waals surface area (Å²) in [7, 11) is 0. The molecule has 0 bridgehead atoms. The second kappa shape index (κ2) is 4.41. The molecular weight excluding hydrogens is 266 g/mol. The van der Waals surface area contributed by atoms with E-state index in [0.29, 0.717) is 0 Å². The normalized spacial score (nSPS) is 10.9. The van der Waals surface area contributed by atoms with Crippen LogP contribution in [0.1, 0.15) is 0 Å². The highest BCUT2D eigenvalue weighted by Crippen LogP contribution is 2.10. The van der Waals surface area contributed by atoms with Crippen molar-refractivity contribution in [2.24, 2.45) is 0 Å². The maximum atomic E-state index is 13.2. The molecule has 20 heavy (non-hydrogen) atoms. The SMILES string of the molecule is O=c1[nH]c2ccc(F)cc2c(=O)n1-c1cccc(F)c1. The first-order chi connectivity index (χ1) is 9.56. The molecule has 3 aromatic rings. The topological polar surface area (TPSA) is 54.9 Å². The Hall–Kier alpha value is -2.76. The van der Waals surface area contributed by atoms with E-state index in [1.165, 1.54) is 24.3 Å². The fourth-order valence-corrected chi connectivity index (χ4v) is 2.04. The van der Waals surface area contributed by atoms with E-state index in [0.717, 1.165) is 22.8 Å². The van der Waals surface area contributed by atoms with E-state index in [4.69, 9.17) is 0 Å². The number of benzene rings is 2. The molecule has 0 saturated heterocycles. The molecule has 1 heterocycles. The van der Waals surface area contributed by atoms with Gasteiger partial charge in [-0.15, -0.1) is 0 Å². The monoisotopic (exact) mass is 274 g/mol. The highest BCUT2D eigenvalue weighted by atomic mass is 19.1. The summed E-state index contributed by atoms with van der Waals surface area (Å²) in [6.07, 6.45) is 0. The van der Waals surface area contributed by atoms with Crippen LogP contribution in [-0.2, 0) is 0 Å². The van der Waals surface area contributed by atoms with Crippen LogP contribution >= 0.6 is 0 Å². The minimum atomic E-state index is -0.709. The summed E-state index contributed by atoms with van der Waals surface area (Å²) < 4.78 is 27.2. The van der Waals surface area contributed by atoms with Crippen molar-refractivity contribution in [2.75, 3.05) is 0 Å². The number of nitrogens with zero attached hydrogens (tertiary/aromatic N) is 1. The van der Waals surface area contributed by atoms with Gasteiger partial charge in [-0.2, -0.15) is 0 Å². The Kier molecular flexibility index (Phi) is 2.71. The molecule has 0 aliphatic heterocycles. The van der Waals surface area contributed by atoms with E-state index in [1.807, 2.05) is 0 Å². The molecule has 6 heteroatoms. The zero-order chi connectivity index (χ0) is 14.3. The molecule has 0 radical (unpaired) electrons. The molecule has 0 spiro atoms. The van der Waals surface area contributed by atoms with Crippen LogP contribution in [0.15, 0.2) is 52.1 Å². The number of hydrogen-bond donors (Lipinski definition) is 1. The highest BCUT2D eigenvalue weighted by molar-refractivity contribution is 5.77. The van der Waals surface area contributed by atoms with Crippen LogP contribution < -0.4 is 11.2 Å². The quantitative estimate of drug-likeness (QED) is 0.737. The third-order valence-corrected chi connectivity index (χ3v) is 2.93. The molecule has 0 aliphatic carbocycles. The molecule has 3 rings (SSSR count). The number of fused-ring (bicyclic) bond motifs is 1. The lowest BCUT2D eigenvalue weighted by Crippen LogP contribution is -2.33. The van der Waals surface area contributed by atoms with Crippen molar-refractivity contribution in [3.63, 3.8) is 0 Å². The maximum absolute atomic E-state index is 13.2. The Balaban J connectivity index is 2.42. The zero-order valence-electron chi connectivity index (χ0n) is 10.1. The molecule has 0 saturated carbocycles. The molecule has 4 nitrogen and oxygen atoms in total. The van der Waals surface area contributed by atoms with Crippen LogP contribution in [0, 0.1) is 11.6 Å². The predicted octanol–water partition coefficient (Wildman–Crippen LogP) is 1.96. The number of aromatic nitrogens is 2. The molecule has 2 aromatic carbocycles. The third-order valence-electron chi connectivity index (χ3n) is 2.93. The van der Waals surface area contributed by atoms with Gasteiger partial charge in [-0.05, 0) is 36.4 Å². The van der Waals surface area contributed by atoms with Gasteiger partial charge in [0.15, 0.2) is 0 Å². The van der Waals surface area contributed by atoms with Crippen molar-refractivity contribution in [3.8, 4) is 5.69 Å². The average Bonchev–Trinajstić information content (AvgIpc) is 2.40. The molecule has 100 valence electrons. The predicted molar refractivity (Wildman–Crippen MR) is 70.1 cm³/mol. The van der Waals surface area contributed by atoms with Crippen LogP contribution in [0.5, 0.6) is 0 Å². The van der Waals surface area contributed by atoms with Crippen LogP contribution in [0.2, 0.25) is 0 Å². The summed E-state index contributed by atoms with van der Waals surface area (Å²) in [4.78, 5) is 26.7. The van der Waals surface area contributed by atoms with Crippen molar-refractivity contribution in [3.05, 3.63) is 74.9 Å². The first kappa shape index (κ1) is 12.3. The summed E-state index contributed by atoms with van der Waals surface area (Å²) in [5.41, 5.74) is -1.09. The van der Waals surface area contributed by atoms with Crippen molar-refractivity contribution < 1.29 is 8.78 Å². The Morgan fingerprint density at radius 2 is 1.70 bits per heavy atom. The molecule has 0 atom stereocenters. The van der Waals surface area contributed by atoms with Crippen molar-refractivity contribution >= 4 is 10.9 Å². The van der Waals surface area contributed by atoms with E-state index >= 15 is 0 Å². The summed E-state index contributed by atoms with van der Waals surface area (Å²) in [5, 5.41) is 0.0221. The smallest absolute Gasteiger partial charge is 0.306 e. The molecule has 1 aromatic heterocycles. The van der Waals surface area contributed by atoms with Crippen molar-refractivity contribution in [1.29, 1.82) is 0 Å². The van der Waals surface area contributed by atoms with Gasteiger partial charge in [-0.1, -0.05) is 6.07 Å². The lowest BCUT2D eigenvalue weighted by molar-refractivity contribution is 0.625. The molecule has 1 N–H and O–H groups in total.